The molecule has 0 unspecified atom stereocenters. The third kappa shape index (κ3) is 5.49. The summed E-state index contributed by atoms with van der Waals surface area (Å²) in [6.45, 7) is 6.94. The van der Waals surface area contributed by atoms with Crippen molar-refractivity contribution >= 4 is 17.7 Å². The molecule has 2 rings (SSSR count). The molecular formula is C19H25N4O2V-. The summed E-state index contributed by atoms with van der Waals surface area (Å²) in [4.78, 5) is 23.3. The van der Waals surface area contributed by atoms with Crippen LogP contribution in [0, 0.1) is 6.54 Å². The number of ether oxygens (including phenoxy) is 1. The summed E-state index contributed by atoms with van der Waals surface area (Å²) in [7, 11) is 1.63. The van der Waals surface area contributed by atoms with E-state index in [1.54, 1.807) is 30.8 Å². The Morgan fingerprint density at radius 3 is 2.85 bits per heavy atom. The Bertz CT molecular complexity index is 696. The number of aromatic nitrogens is 1. The molecule has 0 saturated heterocycles. The van der Waals surface area contributed by atoms with Crippen LogP contribution in [0.5, 0.6) is 0 Å². The molecule has 0 bridgehead atoms. The van der Waals surface area contributed by atoms with Gasteiger partial charge in [-0.15, -0.1) is 13.5 Å². The molecule has 0 spiro atoms. The van der Waals surface area contributed by atoms with Crippen LogP contribution in [-0.2, 0) is 34.7 Å². The van der Waals surface area contributed by atoms with E-state index >= 15 is 0 Å². The summed E-state index contributed by atoms with van der Waals surface area (Å²) < 4.78 is 5.07. The van der Waals surface area contributed by atoms with Gasteiger partial charge in [0, 0.05) is 44.3 Å². The molecule has 1 aliphatic rings. The molecule has 2 heterocycles. The Balaban J connectivity index is 0.00000338. The molecule has 0 atom stereocenters. The Hall–Kier alpha value is -2.02. The van der Waals surface area contributed by atoms with Crippen LogP contribution in [-0.4, -0.2) is 35.7 Å². The van der Waals surface area contributed by atoms with Gasteiger partial charge in [0.25, 0.3) is 0 Å². The normalized spacial score (nSPS) is 15.0. The molecule has 139 valence electrons. The first kappa shape index (κ1) is 22.0. The van der Waals surface area contributed by atoms with Gasteiger partial charge in [-0.3, -0.25) is 14.8 Å². The van der Waals surface area contributed by atoms with Crippen molar-refractivity contribution in [3.63, 3.8) is 0 Å². The summed E-state index contributed by atoms with van der Waals surface area (Å²) in [5, 5.41) is 0. The largest absolute Gasteiger partial charge is 0.404 e. The predicted molar refractivity (Wildman–Crippen MR) is 99.2 cm³/mol. The Labute approximate surface area is 167 Å². The van der Waals surface area contributed by atoms with Gasteiger partial charge < -0.3 is 15.4 Å². The number of nitrogens with zero attached hydrogens (tertiary/aromatic N) is 3. The van der Waals surface area contributed by atoms with Crippen molar-refractivity contribution < 1.29 is 28.1 Å². The monoisotopic (exact) mass is 392 g/mol. The van der Waals surface area contributed by atoms with Gasteiger partial charge in [-0.2, -0.15) is 5.57 Å². The smallest absolute Gasteiger partial charge is 0.245 e. The molecule has 1 aromatic rings. The molecule has 6 nitrogen and oxygen atoms in total. The Kier molecular flexibility index (Phi) is 9.20. The Morgan fingerprint density at radius 1 is 1.50 bits per heavy atom. The molecule has 1 radical (unpaired) electrons. The van der Waals surface area contributed by atoms with Crippen LogP contribution in [0.1, 0.15) is 37.9 Å². The summed E-state index contributed by atoms with van der Waals surface area (Å²) in [6.07, 6.45) is 6.49. The number of hydrogen-bond acceptors (Lipinski definition) is 5. The van der Waals surface area contributed by atoms with Gasteiger partial charge in [0.2, 0.25) is 5.91 Å². The van der Waals surface area contributed by atoms with E-state index in [4.69, 9.17) is 10.5 Å². The molecule has 7 heteroatoms. The number of hydrogen-bond donors (Lipinski definition) is 1. The summed E-state index contributed by atoms with van der Waals surface area (Å²) in [5.41, 5.74) is 9.59. The van der Waals surface area contributed by atoms with Gasteiger partial charge in [0.05, 0.1) is 17.9 Å². The predicted octanol–water partition coefficient (Wildman–Crippen LogP) is 2.67. The number of aliphatic imine (C=N–C) groups is 1. The minimum atomic E-state index is -0.175. The number of methoxy groups -OCH3 is 1. The summed E-state index contributed by atoms with van der Waals surface area (Å²) in [5.74, 6) is -0.175. The second-order valence-corrected chi connectivity index (χ2v) is 5.83. The van der Waals surface area contributed by atoms with Gasteiger partial charge in [-0.05, 0) is 24.6 Å². The van der Waals surface area contributed by atoms with E-state index in [1.807, 2.05) is 26.1 Å². The van der Waals surface area contributed by atoms with Crippen molar-refractivity contribution in [2.45, 2.75) is 33.3 Å². The molecule has 0 aromatic carbocycles. The average molecular weight is 392 g/mol. The fourth-order valence-electron chi connectivity index (χ4n) is 2.49. The van der Waals surface area contributed by atoms with Crippen LogP contribution in [0.4, 0.5) is 0 Å². The zero-order chi connectivity index (χ0) is 18.2. The third-order valence-electron chi connectivity index (χ3n) is 3.93. The van der Waals surface area contributed by atoms with Crippen LogP contribution in [0.2, 0.25) is 0 Å². The molecule has 2 N–H and O–H groups in total. The average Bonchev–Trinajstić information content (AvgIpc) is 2.63. The summed E-state index contributed by atoms with van der Waals surface area (Å²) in [6, 6.07) is 3.66. The number of carbonyl (C=O) groups is 1. The Morgan fingerprint density at radius 2 is 2.27 bits per heavy atom. The molecule has 26 heavy (non-hydrogen) atoms. The van der Waals surface area contributed by atoms with Crippen LogP contribution >= 0.6 is 0 Å². The van der Waals surface area contributed by atoms with Gasteiger partial charge in [0.1, 0.15) is 0 Å². The second kappa shape index (κ2) is 10.9. The first-order chi connectivity index (χ1) is 12.1. The molecule has 1 aromatic heterocycles. The molecule has 0 fully saturated rings. The number of pyridine rings is 1. The van der Waals surface area contributed by atoms with E-state index in [0.717, 1.165) is 24.1 Å². The number of rotatable bonds is 6. The zero-order valence-corrected chi connectivity index (χ0v) is 16.9. The minimum absolute atomic E-state index is 0. The molecule has 0 saturated carbocycles. The van der Waals surface area contributed by atoms with E-state index in [9.17, 15) is 4.79 Å². The maximum absolute atomic E-state index is 12.9. The number of amides is 1. The SMILES string of the molecule is CCC=NC1=C(C)CCN(C(=O)/C(=C/N)c2ccc(COC)cn2)[CH-]1.[V]. The topological polar surface area (TPSA) is 80.8 Å². The first-order valence-corrected chi connectivity index (χ1v) is 8.35. The van der Waals surface area contributed by atoms with Crippen LogP contribution < -0.4 is 5.73 Å². The van der Waals surface area contributed by atoms with E-state index in [0.29, 0.717) is 24.4 Å². The van der Waals surface area contributed by atoms with Crippen molar-refractivity contribution in [2.75, 3.05) is 13.7 Å². The molecule has 1 amide bonds. The fourth-order valence-corrected chi connectivity index (χ4v) is 2.49. The van der Waals surface area contributed by atoms with E-state index in [1.165, 1.54) is 11.8 Å². The van der Waals surface area contributed by atoms with Crippen molar-refractivity contribution in [1.29, 1.82) is 0 Å². The van der Waals surface area contributed by atoms with Gasteiger partial charge in [0.15, 0.2) is 0 Å². The van der Waals surface area contributed by atoms with Gasteiger partial charge in [-0.25, -0.2) is 0 Å². The number of carbonyl (C=O) groups excluding carboxylic acids is 1. The molecule has 0 aliphatic carbocycles. The van der Waals surface area contributed by atoms with Gasteiger partial charge in [-0.1, -0.05) is 25.1 Å². The van der Waals surface area contributed by atoms with Gasteiger partial charge >= 0.3 is 0 Å². The minimum Gasteiger partial charge on any atom is -0.404 e. The fraction of sp³-hybridized carbons (Fsp3) is 0.368. The van der Waals surface area contributed by atoms with Crippen molar-refractivity contribution in [1.82, 2.24) is 9.88 Å². The third-order valence-corrected chi connectivity index (χ3v) is 3.93. The standard InChI is InChI=1S/C19H25N4O2.V/c1-4-8-21-18-12-23(9-7-14(18)2)19(24)16(10-20)17-6-5-15(11-22-17)13-25-3;/h5-6,8,10-12H,4,7,9,13,20H2,1-3H3;/q-1;/b16-10+,21-8?;. The number of nitrogens with two attached hydrogens (primary N) is 1. The second-order valence-electron chi connectivity index (χ2n) is 5.83. The van der Waals surface area contributed by atoms with Crippen molar-refractivity contribution in [2.24, 2.45) is 10.7 Å². The first-order valence-electron chi connectivity index (χ1n) is 8.35. The maximum Gasteiger partial charge on any atom is 0.245 e. The van der Waals surface area contributed by atoms with Crippen molar-refractivity contribution in [3.8, 4) is 0 Å². The quantitative estimate of drug-likeness (QED) is 0.459. The summed E-state index contributed by atoms with van der Waals surface area (Å²) >= 11 is 0. The molecular weight excluding hydrogens is 367 g/mol. The van der Waals surface area contributed by atoms with Crippen molar-refractivity contribution in [3.05, 3.63) is 53.6 Å². The zero-order valence-electron chi connectivity index (χ0n) is 15.5. The molecule has 1 aliphatic heterocycles. The van der Waals surface area contributed by atoms with Crippen LogP contribution in [0.3, 0.4) is 0 Å². The van der Waals surface area contributed by atoms with Crippen LogP contribution in [0.15, 0.2) is 40.8 Å². The van der Waals surface area contributed by atoms with E-state index < -0.39 is 0 Å². The van der Waals surface area contributed by atoms with E-state index in [2.05, 4.69) is 9.98 Å². The maximum atomic E-state index is 12.9. The van der Waals surface area contributed by atoms with Crippen LogP contribution in [0.25, 0.3) is 5.57 Å². The van der Waals surface area contributed by atoms with E-state index in [-0.39, 0.29) is 24.5 Å².